The number of nitrogens with one attached hydrogen (secondary N) is 1. The van der Waals surface area contributed by atoms with E-state index >= 15 is 0 Å². The number of amides is 1. The number of nitrogens with zero attached hydrogens (tertiary/aromatic N) is 1. The number of ether oxygens (including phenoxy) is 2. The first kappa shape index (κ1) is 16.0. The van der Waals surface area contributed by atoms with E-state index in [0.717, 1.165) is 13.5 Å². The summed E-state index contributed by atoms with van der Waals surface area (Å²) in [7, 11) is 1.13. The molecule has 1 unspecified atom stereocenters. The quantitative estimate of drug-likeness (QED) is 0.593. The Bertz CT molecular complexity index is 681. The van der Waals surface area contributed by atoms with Crippen LogP contribution in [0.3, 0.4) is 0 Å². The normalized spacial score (nSPS) is 19.7. The summed E-state index contributed by atoms with van der Waals surface area (Å²) in [6, 6.07) is 0. The Morgan fingerprint density at radius 2 is 2.14 bits per heavy atom. The topological polar surface area (TPSA) is 107 Å². The van der Waals surface area contributed by atoms with Gasteiger partial charge in [0.25, 0.3) is 5.91 Å². The number of esters is 1. The smallest absolute Gasteiger partial charge is 0.343 e. The van der Waals surface area contributed by atoms with Gasteiger partial charge in [-0.3, -0.25) is 9.59 Å². The summed E-state index contributed by atoms with van der Waals surface area (Å²) in [5, 5.41) is 12.6. The zero-order chi connectivity index (χ0) is 16.5. The number of pyridine rings is 1. The van der Waals surface area contributed by atoms with Crippen molar-refractivity contribution in [2.75, 3.05) is 20.3 Å². The Kier molecular flexibility index (Phi) is 4.23. The molecule has 2 rings (SSSR count). The first-order valence-corrected chi connectivity index (χ1v) is 6.83. The second-order valence-electron chi connectivity index (χ2n) is 5.21. The highest BCUT2D eigenvalue weighted by Crippen LogP contribution is 2.28. The molecule has 0 aliphatic carbocycles. The third-order valence-electron chi connectivity index (χ3n) is 3.45. The average Bonchev–Trinajstić information content (AvgIpc) is 2.73. The van der Waals surface area contributed by atoms with Crippen LogP contribution < -0.4 is 10.7 Å². The van der Waals surface area contributed by atoms with Gasteiger partial charge in [-0.25, -0.2) is 4.79 Å². The molecule has 0 radical (unpaired) electrons. The van der Waals surface area contributed by atoms with E-state index in [1.807, 2.05) is 6.92 Å². The Morgan fingerprint density at radius 1 is 1.45 bits per heavy atom. The van der Waals surface area contributed by atoms with Crippen molar-refractivity contribution in [2.45, 2.75) is 25.9 Å². The first-order valence-electron chi connectivity index (χ1n) is 6.83. The standard InChI is InChI=1S/C14H18N2O6/c1-4-5-22-7-14(2)15-12(19)9-11(18)10(17)8(6-16(9)14)13(20)21-3/h6,18H,4-5,7H2,1-3H3,(H,15,19). The van der Waals surface area contributed by atoms with Gasteiger partial charge < -0.3 is 24.5 Å². The molecule has 2 N–H and O–H groups in total. The van der Waals surface area contributed by atoms with Crippen LogP contribution in [0.2, 0.25) is 0 Å². The van der Waals surface area contributed by atoms with Crippen LogP contribution in [0.4, 0.5) is 0 Å². The van der Waals surface area contributed by atoms with Crippen LogP contribution in [0.25, 0.3) is 0 Å². The van der Waals surface area contributed by atoms with E-state index in [1.165, 1.54) is 10.8 Å². The van der Waals surface area contributed by atoms with Crippen LogP contribution in [0.15, 0.2) is 11.0 Å². The Balaban J connectivity index is 2.55. The van der Waals surface area contributed by atoms with Crippen LogP contribution >= 0.6 is 0 Å². The molecule has 1 amide bonds. The summed E-state index contributed by atoms with van der Waals surface area (Å²) in [6.07, 6.45) is 2.01. The van der Waals surface area contributed by atoms with Crippen molar-refractivity contribution in [1.29, 1.82) is 0 Å². The lowest BCUT2D eigenvalue weighted by atomic mass is 10.1. The Hall–Kier alpha value is -2.35. The maximum Gasteiger partial charge on any atom is 0.343 e. The van der Waals surface area contributed by atoms with E-state index in [4.69, 9.17) is 4.74 Å². The summed E-state index contributed by atoms with van der Waals surface area (Å²) in [4.78, 5) is 35.7. The van der Waals surface area contributed by atoms with E-state index in [1.54, 1.807) is 6.92 Å². The van der Waals surface area contributed by atoms with Crippen molar-refractivity contribution in [2.24, 2.45) is 0 Å². The molecule has 1 aliphatic rings. The second kappa shape index (κ2) is 5.80. The zero-order valence-electron chi connectivity index (χ0n) is 12.6. The van der Waals surface area contributed by atoms with Crippen molar-refractivity contribution < 1.29 is 24.2 Å². The molecule has 0 aromatic carbocycles. The second-order valence-corrected chi connectivity index (χ2v) is 5.21. The number of aromatic nitrogens is 1. The van der Waals surface area contributed by atoms with Gasteiger partial charge in [0.15, 0.2) is 11.4 Å². The van der Waals surface area contributed by atoms with Crippen LogP contribution in [0, 0.1) is 0 Å². The highest BCUT2D eigenvalue weighted by molar-refractivity contribution is 5.99. The van der Waals surface area contributed by atoms with Gasteiger partial charge >= 0.3 is 5.97 Å². The molecule has 0 bridgehead atoms. The molecule has 1 atom stereocenters. The molecule has 0 fully saturated rings. The molecule has 8 heteroatoms. The Labute approximate surface area is 126 Å². The van der Waals surface area contributed by atoms with Crippen LogP contribution in [0.5, 0.6) is 5.75 Å². The number of aromatic hydroxyl groups is 1. The van der Waals surface area contributed by atoms with Crippen molar-refractivity contribution in [3.8, 4) is 5.75 Å². The number of fused-ring (bicyclic) bond motifs is 1. The predicted octanol–water partition coefficient (Wildman–Crippen LogP) is 0.183. The minimum absolute atomic E-state index is 0.127. The van der Waals surface area contributed by atoms with Gasteiger partial charge in [0, 0.05) is 12.8 Å². The van der Waals surface area contributed by atoms with E-state index in [9.17, 15) is 19.5 Å². The summed E-state index contributed by atoms with van der Waals surface area (Å²) < 4.78 is 11.3. The fraction of sp³-hybridized carbons (Fsp3) is 0.500. The third-order valence-corrected chi connectivity index (χ3v) is 3.45. The molecule has 0 saturated heterocycles. The number of rotatable bonds is 5. The molecule has 2 heterocycles. The summed E-state index contributed by atoms with van der Waals surface area (Å²) in [6.45, 7) is 4.24. The van der Waals surface area contributed by atoms with Crippen molar-refractivity contribution >= 4 is 11.9 Å². The SMILES string of the molecule is CCCOCC1(C)NC(=O)c2c(O)c(=O)c(C(=O)OC)cn21. The maximum atomic E-state index is 12.0. The first-order chi connectivity index (χ1) is 10.4. The van der Waals surface area contributed by atoms with Gasteiger partial charge in [0.2, 0.25) is 5.43 Å². The lowest BCUT2D eigenvalue weighted by molar-refractivity contribution is 0.0465. The number of hydrogen-bond acceptors (Lipinski definition) is 6. The van der Waals surface area contributed by atoms with Gasteiger partial charge in [-0.1, -0.05) is 6.92 Å². The zero-order valence-corrected chi connectivity index (χ0v) is 12.6. The lowest BCUT2D eigenvalue weighted by Gasteiger charge is -2.27. The molecule has 1 aliphatic heterocycles. The van der Waals surface area contributed by atoms with E-state index in [0.29, 0.717) is 6.61 Å². The largest absolute Gasteiger partial charge is 0.503 e. The fourth-order valence-electron chi connectivity index (χ4n) is 2.35. The van der Waals surface area contributed by atoms with Gasteiger partial charge in [0.1, 0.15) is 11.2 Å². The van der Waals surface area contributed by atoms with Gasteiger partial charge in [-0.2, -0.15) is 0 Å². The van der Waals surface area contributed by atoms with Crippen LogP contribution in [0.1, 0.15) is 41.1 Å². The van der Waals surface area contributed by atoms with Crippen LogP contribution in [-0.2, 0) is 15.1 Å². The summed E-state index contributed by atoms with van der Waals surface area (Å²) in [5.41, 5.74) is -2.48. The van der Waals surface area contributed by atoms with Gasteiger partial charge in [0.05, 0.1) is 13.7 Å². The van der Waals surface area contributed by atoms with Gasteiger partial charge in [-0.15, -0.1) is 0 Å². The van der Waals surface area contributed by atoms with Gasteiger partial charge in [-0.05, 0) is 13.3 Å². The molecule has 0 spiro atoms. The maximum absolute atomic E-state index is 12.0. The molecular formula is C14H18N2O6. The van der Waals surface area contributed by atoms with E-state index in [-0.39, 0.29) is 17.9 Å². The molecule has 22 heavy (non-hydrogen) atoms. The van der Waals surface area contributed by atoms with Crippen molar-refractivity contribution in [1.82, 2.24) is 9.88 Å². The van der Waals surface area contributed by atoms with E-state index in [2.05, 4.69) is 10.1 Å². The van der Waals surface area contributed by atoms with E-state index < -0.39 is 28.7 Å². The average molecular weight is 310 g/mol. The molecule has 120 valence electrons. The monoisotopic (exact) mass is 310 g/mol. The number of hydrogen-bond donors (Lipinski definition) is 2. The lowest BCUT2D eigenvalue weighted by Crippen LogP contribution is -2.44. The predicted molar refractivity (Wildman–Crippen MR) is 75.9 cm³/mol. The minimum atomic E-state index is -1.00. The molecular weight excluding hydrogens is 292 g/mol. The number of carbonyl (C=O) groups is 2. The highest BCUT2D eigenvalue weighted by Gasteiger charge is 2.41. The minimum Gasteiger partial charge on any atom is -0.503 e. The van der Waals surface area contributed by atoms with Crippen LogP contribution in [-0.4, -0.2) is 41.9 Å². The highest BCUT2D eigenvalue weighted by atomic mass is 16.5. The van der Waals surface area contributed by atoms with Crippen molar-refractivity contribution in [3.05, 3.63) is 27.7 Å². The third kappa shape index (κ3) is 2.45. The molecule has 8 nitrogen and oxygen atoms in total. The molecule has 0 saturated carbocycles. The molecule has 1 aromatic heterocycles. The summed E-state index contributed by atoms with van der Waals surface area (Å²) >= 11 is 0. The Morgan fingerprint density at radius 3 is 2.73 bits per heavy atom. The fourth-order valence-corrected chi connectivity index (χ4v) is 2.35. The molecule has 1 aromatic rings. The summed E-state index contributed by atoms with van der Waals surface area (Å²) in [5.74, 6) is -2.26. The van der Waals surface area contributed by atoms with Crippen molar-refractivity contribution in [3.63, 3.8) is 0 Å². The number of carbonyl (C=O) groups excluding carboxylic acids is 2. The number of methoxy groups -OCH3 is 1.